The van der Waals surface area contributed by atoms with E-state index in [0.29, 0.717) is 0 Å². The Morgan fingerprint density at radius 3 is 2.37 bits per heavy atom. The van der Waals surface area contributed by atoms with Gasteiger partial charge in [0.05, 0.1) is 0 Å². The Hall–Kier alpha value is -2.91. The van der Waals surface area contributed by atoms with Crippen LogP contribution in [0.2, 0.25) is 0 Å². The molecule has 0 radical (unpaired) electrons. The highest BCUT2D eigenvalue weighted by Crippen LogP contribution is 2.20. The van der Waals surface area contributed by atoms with E-state index in [1.165, 1.54) is 21.9 Å². The Bertz CT molecular complexity index is 917. The number of nitrogens with zero attached hydrogens (tertiary/aromatic N) is 3. The van der Waals surface area contributed by atoms with Gasteiger partial charge in [-0.05, 0) is 28.0 Å². The van der Waals surface area contributed by atoms with Crippen molar-refractivity contribution in [2.24, 2.45) is 5.10 Å². The van der Waals surface area contributed by atoms with Crippen LogP contribution in [0.4, 0.5) is 0 Å². The number of benzene rings is 3. The number of hydrogen-bond donors (Lipinski definition) is 0. The minimum Gasteiger partial charge on any atom is -0.295 e. The summed E-state index contributed by atoms with van der Waals surface area (Å²) in [6.07, 6.45) is 5.99. The molecule has 0 saturated carbocycles. The van der Waals surface area contributed by atoms with E-state index in [1.54, 1.807) is 0 Å². The lowest BCUT2D eigenvalue weighted by Gasteiger charge is -2.33. The normalized spacial score (nSPS) is 15.9. The number of hydrazone groups is 1. The summed E-state index contributed by atoms with van der Waals surface area (Å²) in [5.74, 6) is 0. The maximum absolute atomic E-state index is 4.58. The zero-order chi connectivity index (χ0) is 18.3. The van der Waals surface area contributed by atoms with E-state index in [-0.39, 0.29) is 0 Å². The summed E-state index contributed by atoms with van der Waals surface area (Å²) in [7, 11) is 0. The van der Waals surface area contributed by atoms with Gasteiger partial charge in [-0.3, -0.25) is 9.91 Å². The molecule has 1 heterocycles. The van der Waals surface area contributed by atoms with Crippen LogP contribution in [0.25, 0.3) is 16.8 Å². The molecule has 0 aromatic heterocycles. The molecule has 1 aliphatic heterocycles. The van der Waals surface area contributed by atoms with Crippen molar-refractivity contribution >= 4 is 23.1 Å². The van der Waals surface area contributed by atoms with E-state index in [4.69, 9.17) is 0 Å². The summed E-state index contributed by atoms with van der Waals surface area (Å²) < 4.78 is 0. The van der Waals surface area contributed by atoms with Crippen molar-refractivity contribution in [3.05, 3.63) is 90.0 Å². The van der Waals surface area contributed by atoms with Gasteiger partial charge in [-0.25, -0.2) is 0 Å². The fourth-order valence-electron chi connectivity index (χ4n) is 3.53. The lowest BCUT2D eigenvalue weighted by molar-refractivity contribution is 0.131. The van der Waals surface area contributed by atoms with E-state index >= 15 is 0 Å². The highest BCUT2D eigenvalue weighted by atomic mass is 15.5. The molecule has 0 unspecified atom stereocenters. The number of hydrogen-bond acceptors (Lipinski definition) is 3. The second-order valence-electron chi connectivity index (χ2n) is 6.90. The molecule has 0 amide bonds. The Morgan fingerprint density at radius 1 is 0.778 bits per heavy atom. The predicted molar refractivity (Wildman–Crippen MR) is 115 cm³/mol. The van der Waals surface area contributed by atoms with Crippen LogP contribution in [0.3, 0.4) is 0 Å². The van der Waals surface area contributed by atoms with Crippen molar-refractivity contribution in [1.82, 2.24) is 9.91 Å². The third-order valence-electron chi connectivity index (χ3n) is 5.03. The first-order valence-corrected chi connectivity index (χ1v) is 9.58. The fraction of sp³-hybridized carbons (Fsp3) is 0.208. The molecule has 0 N–H and O–H groups in total. The maximum atomic E-state index is 4.58. The van der Waals surface area contributed by atoms with Crippen LogP contribution < -0.4 is 0 Å². The zero-order valence-corrected chi connectivity index (χ0v) is 15.5. The Balaban J connectivity index is 1.30. The molecule has 3 aromatic rings. The molecule has 4 rings (SSSR count). The van der Waals surface area contributed by atoms with Crippen LogP contribution in [0.15, 0.2) is 84.0 Å². The lowest BCUT2D eigenvalue weighted by atomic mass is 10.0. The van der Waals surface area contributed by atoms with E-state index in [1.807, 2.05) is 30.5 Å². The van der Waals surface area contributed by atoms with Crippen molar-refractivity contribution in [3.8, 4) is 0 Å². The molecule has 0 atom stereocenters. The van der Waals surface area contributed by atoms with Crippen molar-refractivity contribution in [2.75, 3.05) is 26.2 Å². The molecule has 3 aromatic carbocycles. The van der Waals surface area contributed by atoms with E-state index in [2.05, 4.69) is 75.7 Å². The predicted octanol–water partition coefficient (Wildman–Crippen LogP) is 4.66. The summed E-state index contributed by atoms with van der Waals surface area (Å²) in [6, 6.07) is 25.6. The number of piperazine rings is 1. The summed E-state index contributed by atoms with van der Waals surface area (Å²) in [5, 5.41) is 9.44. The molecule has 3 heteroatoms. The van der Waals surface area contributed by atoms with Gasteiger partial charge in [-0.2, -0.15) is 5.10 Å². The van der Waals surface area contributed by atoms with Crippen LogP contribution >= 0.6 is 0 Å². The number of rotatable bonds is 5. The average Bonchev–Trinajstić information content (AvgIpc) is 2.73. The van der Waals surface area contributed by atoms with Crippen LogP contribution in [0, 0.1) is 0 Å². The average molecular weight is 355 g/mol. The van der Waals surface area contributed by atoms with Gasteiger partial charge in [0.1, 0.15) is 0 Å². The van der Waals surface area contributed by atoms with Crippen molar-refractivity contribution in [3.63, 3.8) is 0 Å². The van der Waals surface area contributed by atoms with Gasteiger partial charge in [-0.15, -0.1) is 0 Å². The molecule has 1 saturated heterocycles. The van der Waals surface area contributed by atoms with Crippen molar-refractivity contribution in [2.45, 2.75) is 6.54 Å². The second-order valence-corrected chi connectivity index (χ2v) is 6.90. The van der Waals surface area contributed by atoms with Gasteiger partial charge in [0.2, 0.25) is 0 Å². The van der Waals surface area contributed by atoms with Gasteiger partial charge in [0.25, 0.3) is 0 Å². The minimum atomic E-state index is 0.973. The Morgan fingerprint density at radius 2 is 1.52 bits per heavy atom. The second kappa shape index (κ2) is 8.65. The first-order chi connectivity index (χ1) is 13.4. The largest absolute Gasteiger partial charge is 0.295 e. The third kappa shape index (κ3) is 4.63. The summed E-state index contributed by atoms with van der Waals surface area (Å²) in [4.78, 5) is 2.52. The van der Waals surface area contributed by atoms with Gasteiger partial charge >= 0.3 is 0 Å². The molecule has 1 fully saturated rings. The van der Waals surface area contributed by atoms with Gasteiger partial charge in [0, 0.05) is 38.9 Å². The van der Waals surface area contributed by atoms with E-state index in [9.17, 15) is 0 Å². The summed E-state index contributed by atoms with van der Waals surface area (Å²) in [6.45, 7) is 5.04. The Labute approximate surface area is 161 Å². The first-order valence-electron chi connectivity index (χ1n) is 9.58. The third-order valence-corrected chi connectivity index (χ3v) is 5.03. The van der Waals surface area contributed by atoms with Crippen molar-refractivity contribution < 1.29 is 0 Å². The molecule has 0 spiro atoms. The van der Waals surface area contributed by atoms with Gasteiger partial charge < -0.3 is 0 Å². The van der Waals surface area contributed by atoms with Crippen LogP contribution in [0.1, 0.15) is 11.1 Å². The van der Waals surface area contributed by atoms with Gasteiger partial charge in [-0.1, -0.05) is 78.9 Å². The molecule has 3 nitrogen and oxygen atoms in total. The molecule has 27 heavy (non-hydrogen) atoms. The molecule has 136 valence electrons. The maximum Gasteiger partial charge on any atom is 0.0488 e. The summed E-state index contributed by atoms with van der Waals surface area (Å²) >= 11 is 0. The monoisotopic (exact) mass is 355 g/mol. The minimum absolute atomic E-state index is 0.973. The van der Waals surface area contributed by atoms with Crippen molar-refractivity contribution in [1.29, 1.82) is 0 Å². The van der Waals surface area contributed by atoms with E-state index < -0.39 is 0 Å². The molecular formula is C24H25N3. The van der Waals surface area contributed by atoms with Crippen LogP contribution in [-0.4, -0.2) is 42.3 Å². The molecular weight excluding hydrogens is 330 g/mol. The first kappa shape index (κ1) is 17.5. The number of allylic oxidation sites excluding steroid dienone is 1. The number of fused-ring (bicyclic) bond motifs is 1. The topological polar surface area (TPSA) is 18.8 Å². The van der Waals surface area contributed by atoms with Crippen LogP contribution in [-0.2, 0) is 6.54 Å². The highest BCUT2D eigenvalue weighted by molar-refractivity contribution is 5.85. The zero-order valence-electron chi connectivity index (χ0n) is 15.5. The molecule has 0 bridgehead atoms. The van der Waals surface area contributed by atoms with E-state index in [0.717, 1.165) is 32.7 Å². The standard InChI is InChI=1S/C24H25N3/c1-2-8-21(9-3-1)10-7-15-25-27-18-16-26(17-19-27)20-23-13-6-12-22-11-4-5-14-24(22)23/h1-15H,16-20H2/b10-7+,25-15-. The quantitative estimate of drug-likeness (QED) is 0.620. The molecule has 0 aliphatic carbocycles. The van der Waals surface area contributed by atoms with Crippen LogP contribution in [0.5, 0.6) is 0 Å². The molecule has 1 aliphatic rings. The Kier molecular flexibility index (Phi) is 5.61. The van der Waals surface area contributed by atoms with Gasteiger partial charge in [0.15, 0.2) is 0 Å². The smallest absolute Gasteiger partial charge is 0.0488 e. The summed E-state index contributed by atoms with van der Waals surface area (Å²) in [5.41, 5.74) is 2.61. The fourth-order valence-corrected chi connectivity index (χ4v) is 3.53. The lowest BCUT2D eigenvalue weighted by Crippen LogP contribution is -2.43. The SMILES string of the molecule is C(/C=C/c1ccccc1)=N/N1CCN(Cc2cccc3ccccc23)CC1. The highest BCUT2D eigenvalue weighted by Gasteiger charge is 2.16.